The van der Waals surface area contributed by atoms with Crippen molar-refractivity contribution in [2.24, 2.45) is 0 Å². The Hall–Kier alpha value is -1.33. The maximum absolute atomic E-state index is 11.5. The maximum atomic E-state index is 11.5. The highest BCUT2D eigenvalue weighted by Crippen LogP contribution is 2.27. The van der Waals surface area contributed by atoms with E-state index in [1.807, 2.05) is 26.0 Å². The number of rotatable bonds is 4. The molecular formula is C14H18ClN3OS. The Kier molecular flexibility index (Phi) is 4.83. The highest BCUT2D eigenvalue weighted by Gasteiger charge is 2.22. The third-order valence-corrected chi connectivity index (χ3v) is 3.57. The zero-order chi connectivity index (χ0) is 14.7. The van der Waals surface area contributed by atoms with Gasteiger partial charge in [-0.2, -0.15) is 0 Å². The van der Waals surface area contributed by atoms with Crippen LogP contribution in [0, 0.1) is 13.8 Å². The van der Waals surface area contributed by atoms with E-state index in [4.69, 9.17) is 23.8 Å². The topological polar surface area (TPSA) is 53.2 Å². The first kappa shape index (κ1) is 15.1. The van der Waals surface area contributed by atoms with E-state index >= 15 is 0 Å². The monoisotopic (exact) mass is 311 g/mol. The van der Waals surface area contributed by atoms with E-state index in [2.05, 4.69) is 16.0 Å². The molecule has 0 spiro atoms. The van der Waals surface area contributed by atoms with Gasteiger partial charge < -0.3 is 16.0 Å². The summed E-state index contributed by atoms with van der Waals surface area (Å²) in [6.45, 7) is 4.12. The number of carbonyl (C=O) groups excluding carboxylic acids is 1. The first-order valence-electron chi connectivity index (χ1n) is 6.56. The minimum absolute atomic E-state index is 0.0385. The van der Waals surface area contributed by atoms with Crippen LogP contribution in [0.2, 0.25) is 5.02 Å². The van der Waals surface area contributed by atoms with Gasteiger partial charge >= 0.3 is 0 Å². The molecule has 0 radical (unpaired) electrons. The molecule has 1 aliphatic rings. The molecule has 4 nitrogen and oxygen atoms in total. The van der Waals surface area contributed by atoms with Gasteiger partial charge in [0, 0.05) is 6.04 Å². The van der Waals surface area contributed by atoms with Crippen LogP contribution in [0.15, 0.2) is 12.1 Å². The number of hydrogen-bond donors (Lipinski definition) is 3. The van der Waals surface area contributed by atoms with E-state index < -0.39 is 0 Å². The van der Waals surface area contributed by atoms with Crippen molar-refractivity contribution in [3.8, 4) is 0 Å². The van der Waals surface area contributed by atoms with Crippen LogP contribution < -0.4 is 16.0 Å². The summed E-state index contributed by atoms with van der Waals surface area (Å²) in [6.07, 6.45) is 2.15. The van der Waals surface area contributed by atoms with Crippen LogP contribution in [0.4, 0.5) is 5.69 Å². The lowest BCUT2D eigenvalue weighted by atomic mass is 10.1. The lowest BCUT2D eigenvalue weighted by Crippen LogP contribution is -2.39. The molecule has 1 fully saturated rings. The van der Waals surface area contributed by atoms with Crippen LogP contribution in [0.25, 0.3) is 0 Å². The number of nitrogens with one attached hydrogen (secondary N) is 3. The summed E-state index contributed by atoms with van der Waals surface area (Å²) in [5.74, 6) is -0.0385. The van der Waals surface area contributed by atoms with Crippen LogP contribution >= 0.6 is 23.8 Å². The van der Waals surface area contributed by atoms with Crippen molar-refractivity contribution in [2.75, 3.05) is 11.9 Å². The zero-order valence-electron chi connectivity index (χ0n) is 11.5. The van der Waals surface area contributed by atoms with Crippen molar-refractivity contribution < 1.29 is 4.79 Å². The third kappa shape index (κ3) is 4.35. The van der Waals surface area contributed by atoms with E-state index in [0.29, 0.717) is 16.2 Å². The summed E-state index contributed by atoms with van der Waals surface area (Å²) < 4.78 is 0. The molecule has 0 heterocycles. The summed E-state index contributed by atoms with van der Waals surface area (Å²) in [6, 6.07) is 4.26. The number of halogens is 1. The van der Waals surface area contributed by atoms with Gasteiger partial charge in [0.1, 0.15) is 0 Å². The smallest absolute Gasteiger partial charge is 0.239 e. The number of carbonyl (C=O) groups is 1. The Labute approximate surface area is 129 Å². The molecule has 1 saturated carbocycles. The summed E-state index contributed by atoms with van der Waals surface area (Å²) in [5, 5.41) is 9.82. The van der Waals surface area contributed by atoms with Gasteiger partial charge in [0.05, 0.1) is 17.3 Å². The van der Waals surface area contributed by atoms with Gasteiger partial charge in [-0.05, 0) is 56.1 Å². The molecule has 0 aliphatic heterocycles. The summed E-state index contributed by atoms with van der Waals surface area (Å²) in [5.41, 5.74) is 2.89. The van der Waals surface area contributed by atoms with Crippen molar-refractivity contribution >= 4 is 40.5 Å². The lowest BCUT2D eigenvalue weighted by molar-refractivity contribution is -0.120. The maximum Gasteiger partial charge on any atom is 0.239 e. The molecule has 0 atom stereocenters. The Bertz CT molecular complexity index is 520. The Morgan fingerprint density at radius 2 is 2.10 bits per heavy atom. The normalized spacial score (nSPS) is 13.8. The van der Waals surface area contributed by atoms with Gasteiger partial charge in [-0.1, -0.05) is 17.7 Å². The van der Waals surface area contributed by atoms with Gasteiger partial charge in [0.2, 0.25) is 5.91 Å². The van der Waals surface area contributed by atoms with E-state index in [1.165, 1.54) is 0 Å². The molecule has 0 saturated heterocycles. The van der Waals surface area contributed by atoms with Crippen LogP contribution in [-0.4, -0.2) is 23.6 Å². The highest BCUT2D eigenvalue weighted by molar-refractivity contribution is 7.80. The van der Waals surface area contributed by atoms with E-state index in [-0.39, 0.29) is 12.5 Å². The number of amides is 1. The molecule has 1 aromatic carbocycles. The van der Waals surface area contributed by atoms with Gasteiger partial charge in [0.15, 0.2) is 5.11 Å². The number of anilines is 1. The minimum Gasteiger partial charge on any atom is -0.353 e. The molecular weight excluding hydrogens is 294 g/mol. The molecule has 1 aromatic rings. The predicted octanol–water partition coefficient (Wildman–Crippen LogP) is 2.52. The average molecular weight is 312 g/mol. The molecule has 2 rings (SSSR count). The number of aryl methyl sites for hydroxylation is 2. The summed E-state index contributed by atoms with van der Waals surface area (Å²) in [7, 11) is 0. The lowest BCUT2D eigenvalue weighted by Gasteiger charge is -2.14. The molecule has 108 valence electrons. The van der Waals surface area contributed by atoms with E-state index in [9.17, 15) is 4.79 Å². The second-order valence-corrected chi connectivity index (χ2v) is 5.90. The molecule has 0 aromatic heterocycles. The molecule has 1 aliphatic carbocycles. The zero-order valence-corrected chi connectivity index (χ0v) is 13.1. The van der Waals surface area contributed by atoms with Crippen LogP contribution in [0.1, 0.15) is 24.0 Å². The van der Waals surface area contributed by atoms with Crippen molar-refractivity contribution in [1.29, 1.82) is 0 Å². The molecule has 0 unspecified atom stereocenters. The van der Waals surface area contributed by atoms with Crippen molar-refractivity contribution in [2.45, 2.75) is 32.7 Å². The second-order valence-electron chi connectivity index (χ2n) is 5.09. The summed E-state index contributed by atoms with van der Waals surface area (Å²) >= 11 is 11.4. The Balaban J connectivity index is 1.86. The van der Waals surface area contributed by atoms with Crippen LogP contribution in [0.3, 0.4) is 0 Å². The number of benzene rings is 1. The average Bonchev–Trinajstić information content (AvgIpc) is 3.15. The SMILES string of the molecule is Cc1cc(C)c(NC(=S)NCC(=O)NC2CC2)c(Cl)c1. The van der Waals surface area contributed by atoms with E-state index in [1.54, 1.807) is 0 Å². The Morgan fingerprint density at radius 1 is 1.40 bits per heavy atom. The first-order chi connectivity index (χ1) is 9.45. The fourth-order valence-electron chi connectivity index (χ4n) is 1.90. The molecule has 6 heteroatoms. The van der Waals surface area contributed by atoms with Crippen LogP contribution in [-0.2, 0) is 4.79 Å². The summed E-state index contributed by atoms with van der Waals surface area (Å²) in [4.78, 5) is 11.5. The molecule has 1 amide bonds. The largest absolute Gasteiger partial charge is 0.353 e. The Morgan fingerprint density at radius 3 is 2.70 bits per heavy atom. The van der Waals surface area contributed by atoms with Crippen molar-refractivity contribution in [1.82, 2.24) is 10.6 Å². The quantitative estimate of drug-likeness (QED) is 0.748. The highest BCUT2D eigenvalue weighted by atomic mass is 35.5. The predicted molar refractivity (Wildman–Crippen MR) is 86.3 cm³/mol. The first-order valence-corrected chi connectivity index (χ1v) is 7.35. The fraction of sp³-hybridized carbons (Fsp3) is 0.429. The van der Waals surface area contributed by atoms with Gasteiger partial charge in [-0.25, -0.2) is 0 Å². The molecule has 0 bridgehead atoms. The van der Waals surface area contributed by atoms with Gasteiger partial charge in [-0.15, -0.1) is 0 Å². The van der Waals surface area contributed by atoms with Crippen LogP contribution in [0.5, 0.6) is 0 Å². The standard InChI is InChI=1S/C14H18ClN3OS/c1-8-5-9(2)13(11(15)6-8)18-14(20)16-7-12(19)17-10-3-4-10/h5-6,10H,3-4,7H2,1-2H3,(H,17,19)(H2,16,18,20). The molecule has 3 N–H and O–H groups in total. The van der Waals surface area contributed by atoms with Gasteiger partial charge in [0.25, 0.3) is 0 Å². The van der Waals surface area contributed by atoms with Crippen molar-refractivity contribution in [3.63, 3.8) is 0 Å². The minimum atomic E-state index is -0.0385. The second kappa shape index (κ2) is 6.41. The van der Waals surface area contributed by atoms with E-state index in [0.717, 1.165) is 29.7 Å². The number of hydrogen-bond acceptors (Lipinski definition) is 2. The fourth-order valence-corrected chi connectivity index (χ4v) is 2.44. The third-order valence-electron chi connectivity index (χ3n) is 3.02. The number of thiocarbonyl (C=S) groups is 1. The molecule has 20 heavy (non-hydrogen) atoms. The van der Waals surface area contributed by atoms with Gasteiger partial charge in [-0.3, -0.25) is 4.79 Å². The van der Waals surface area contributed by atoms with Crippen molar-refractivity contribution in [3.05, 3.63) is 28.3 Å².